The number of nitrogens with zero attached hydrogens (tertiary/aromatic N) is 1. The largest absolute Gasteiger partial charge is 1.00 e. The first kappa shape index (κ1) is 7.81. The number of rotatable bonds is 0. The first-order valence-corrected chi connectivity index (χ1v) is 3.63. The van der Waals surface area contributed by atoms with E-state index >= 15 is 0 Å². The van der Waals surface area contributed by atoms with Crippen LogP contribution in [-0.2, 0) is 0 Å². The predicted molar refractivity (Wildman–Crippen MR) is 40.7 cm³/mol. The molecule has 3 heteroatoms. The molecule has 1 nitrogen and oxygen atoms in total. The average Bonchev–Trinajstić information content (AvgIpc) is 2.33. The number of hydrogen-bond acceptors (Lipinski definition) is 2. The Morgan fingerprint density at radius 1 is 1.30 bits per heavy atom. The third-order valence-electron chi connectivity index (χ3n) is 1.24. The van der Waals surface area contributed by atoms with Crippen LogP contribution in [0.5, 0.6) is 0 Å². The summed E-state index contributed by atoms with van der Waals surface area (Å²) in [5.41, 5.74) is 2.97. The number of thiazole rings is 1. The van der Waals surface area contributed by atoms with Crippen molar-refractivity contribution < 1.29 is 20.3 Å². The maximum absolute atomic E-state index is 4.14. The van der Waals surface area contributed by atoms with Crippen LogP contribution in [0, 0.1) is 0 Å². The number of fused-ring (bicyclic) bond motifs is 1. The molecule has 0 aliphatic carbocycles. The van der Waals surface area contributed by atoms with Gasteiger partial charge in [0.15, 0.2) is 0 Å². The Morgan fingerprint density at radius 2 is 2.10 bits per heavy atom. The van der Waals surface area contributed by atoms with E-state index < -0.39 is 0 Å². The molecule has 1 heterocycles. The second-order valence-corrected chi connectivity index (χ2v) is 2.71. The van der Waals surface area contributed by atoms with Crippen molar-refractivity contribution >= 4 is 21.6 Å². The Kier molecular flexibility index (Phi) is 2.50. The van der Waals surface area contributed by atoms with E-state index in [2.05, 4.69) is 11.1 Å². The minimum absolute atomic E-state index is 0. The van der Waals surface area contributed by atoms with Gasteiger partial charge in [0.1, 0.15) is 0 Å². The van der Waals surface area contributed by atoms with E-state index in [1.165, 1.54) is 4.70 Å². The summed E-state index contributed by atoms with van der Waals surface area (Å²) in [7, 11) is 0. The van der Waals surface area contributed by atoms with Crippen molar-refractivity contribution in [2.24, 2.45) is 0 Å². The summed E-state index contributed by atoms with van der Waals surface area (Å²) in [6.45, 7) is 0. The Bertz CT molecular complexity index is 292. The fourth-order valence-corrected chi connectivity index (χ4v) is 1.48. The quantitative estimate of drug-likeness (QED) is 0.449. The molecule has 0 aliphatic heterocycles. The molecule has 0 radical (unpaired) electrons. The monoisotopic (exact) mass is 143 g/mol. The van der Waals surface area contributed by atoms with Gasteiger partial charge in [-0.2, -0.15) is 0 Å². The van der Waals surface area contributed by atoms with Gasteiger partial charge in [0.25, 0.3) is 0 Å². The summed E-state index contributed by atoms with van der Waals surface area (Å²) in [4.78, 5) is 4.14. The topological polar surface area (TPSA) is 12.9 Å². The molecule has 0 atom stereocenters. The minimum Gasteiger partial charge on any atom is -1.00 e. The molecule has 2 aromatic rings. The normalized spacial score (nSPS) is 9.20. The van der Waals surface area contributed by atoms with Crippen molar-refractivity contribution in [3.05, 3.63) is 29.8 Å². The second kappa shape index (κ2) is 3.20. The number of aromatic nitrogens is 1. The average molecular weight is 143 g/mol. The Morgan fingerprint density at radius 3 is 2.90 bits per heavy atom. The van der Waals surface area contributed by atoms with Crippen LogP contribution in [0.4, 0.5) is 0 Å². The van der Waals surface area contributed by atoms with Gasteiger partial charge >= 0.3 is 18.9 Å². The third kappa shape index (κ3) is 1.24. The second-order valence-electron chi connectivity index (χ2n) is 1.82. The summed E-state index contributed by atoms with van der Waals surface area (Å²) >= 11 is 1.68. The summed E-state index contributed by atoms with van der Waals surface area (Å²) < 4.78 is 1.26. The number of benzene rings is 1. The molecular formula is C7H6LiNS. The molecule has 0 unspecified atom stereocenters. The molecule has 0 spiro atoms. The smallest absolute Gasteiger partial charge is 1.00 e. The molecule has 46 valence electrons. The van der Waals surface area contributed by atoms with Crippen LogP contribution in [0.3, 0.4) is 0 Å². The van der Waals surface area contributed by atoms with E-state index in [9.17, 15) is 0 Å². The number of hydrogen-bond donors (Lipinski definition) is 0. The van der Waals surface area contributed by atoms with Crippen molar-refractivity contribution in [3.8, 4) is 0 Å². The third-order valence-corrected chi connectivity index (χ3v) is 2.05. The molecule has 10 heavy (non-hydrogen) atoms. The molecule has 0 fully saturated rings. The van der Waals surface area contributed by atoms with E-state index in [4.69, 9.17) is 0 Å². The van der Waals surface area contributed by atoms with E-state index in [0.29, 0.717) is 0 Å². The van der Waals surface area contributed by atoms with Crippen LogP contribution < -0.4 is 18.9 Å². The molecule has 0 saturated heterocycles. The zero-order valence-electron chi connectivity index (χ0n) is 6.74. The molecule has 1 aromatic carbocycles. The molecule has 0 saturated carbocycles. The van der Waals surface area contributed by atoms with Crippen molar-refractivity contribution in [2.75, 3.05) is 0 Å². The summed E-state index contributed by atoms with van der Waals surface area (Å²) in [6.07, 6.45) is 0. The van der Waals surface area contributed by atoms with Crippen LogP contribution in [0.15, 0.2) is 29.8 Å². The predicted octanol–water partition coefficient (Wildman–Crippen LogP) is -0.587. The van der Waals surface area contributed by atoms with Gasteiger partial charge < -0.3 is 1.43 Å². The SMILES string of the molecule is [H-].[Li+].c1ccc2scnc2c1. The molecule has 0 amide bonds. The molecule has 0 aliphatic rings. The first-order valence-electron chi connectivity index (χ1n) is 2.75. The van der Waals surface area contributed by atoms with E-state index in [0.717, 1.165) is 5.52 Å². The van der Waals surface area contributed by atoms with E-state index in [1.807, 2.05) is 23.7 Å². The van der Waals surface area contributed by atoms with Crippen molar-refractivity contribution in [1.29, 1.82) is 0 Å². The molecule has 0 N–H and O–H groups in total. The van der Waals surface area contributed by atoms with Gasteiger partial charge in [0, 0.05) is 0 Å². The van der Waals surface area contributed by atoms with Crippen LogP contribution in [-0.4, -0.2) is 4.98 Å². The molecular weight excluding hydrogens is 137 g/mol. The maximum atomic E-state index is 4.14. The van der Waals surface area contributed by atoms with Crippen molar-refractivity contribution in [2.45, 2.75) is 0 Å². The van der Waals surface area contributed by atoms with Gasteiger partial charge in [0.05, 0.1) is 15.7 Å². The first-order chi connectivity index (χ1) is 4.47. The fourth-order valence-electron chi connectivity index (χ4n) is 0.803. The summed E-state index contributed by atoms with van der Waals surface area (Å²) in [5, 5.41) is 0. The van der Waals surface area contributed by atoms with Gasteiger partial charge in [-0.25, -0.2) is 4.98 Å². The van der Waals surface area contributed by atoms with Gasteiger partial charge in [-0.3, -0.25) is 0 Å². The molecule has 2 rings (SSSR count). The maximum Gasteiger partial charge on any atom is 1.00 e. The molecule has 0 bridgehead atoms. The van der Waals surface area contributed by atoms with Gasteiger partial charge in [-0.15, -0.1) is 11.3 Å². The minimum atomic E-state index is 0. The van der Waals surface area contributed by atoms with Crippen molar-refractivity contribution in [1.82, 2.24) is 4.98 Å². The zero-order valence-corrected chi connectivity index (χ0v) is 6.56. The van der Waals surface area contributed by atoms with Gasteiger partial charge in [-0.1, -0.05) is 12.1 Å². The molecule has 1 aromatic heterocycles. The fraction of sp³-hybridized carbons (Fsp3) is 0. The van der Waals surface area contributed by atoms with Gasteiger partial charge in [-0.05, 0) is 12.1 Å². The van der Waals surface area contributed by atoms with Crippen LogP contribution in [0.1, 0.15) is 1.43 Å². The standard InChI is InChI=1S/C7H5NS.Li.H/c1-2-4-7-6(3-1)8-5-9-7;;/h1-5H;;/q;+1;-1. The number of para-hydroxylation sites is 1. The van der Waals surface area contributed by atoms with Crippen LogP contribution in [0.2, 0.25) is 0 Å². The van der Waals surface area contributed by atoms with Crippen LogP contribution >= 0.6 is 11.3 Å². The Labute approximate surface area is 76.8 Å². The van der Waals surface area contributed by atoms with Crippen LogP contribution in [0.25, 0.3) is 10.2 Å². The summed E-state index contributed by atoms with van der Waals surface area (Å²) in [5.74, 6) is 0. The van der Waals surface area contributed by atoms with E-state index in [1.54, 1.807) is 11.3 Å². The Balaban J connectivity index is 0.000000500. The summed E-state index contributed by atoms with van der Waals surface area (Å²) in [6, 6.07) is 8.13. The van der Waals surface area contributed by atoms with Gasteiger partial charge in [0.2, 0.25) is 0 Å². The zero-order chi connectivity index (χ0) is 6.10. The van der Waals surface area contributed by atoms with E-state index in [-0.39, 0.29) is 20.3 Å². The Hall–Kier alpha value is -0.293. The van der Waals surface area contributed by atoms with Crippen molar-refractivity contribution in [3.63, 3.8) is 0 Å².